The number of thiol groups is 1. The molecule has 0 aromatic rings. The third-order valence-electron chi connectivity index (χ3n) is 0.513. The highest BCUT2D eigenvalue weighted by Gasteiger charge is 2.22. The molecular formula is C4H6F2S. The molecule has 0 aliphatic carbocycles. The lowest BCUT2D eigenvalue weighted by molar-refractivity contribution is 0.151. The van der Waals surface area contributed by atoms with Crippen molar-refractivity contribution in [2.24, 2.45) is 0 Å². The molecule has 7 heavy (non-hydrogen) atoms. The van der Waals surface area contributed by atoms with Crippen LogP contribution in [0.25, 0.3) is 0 Å². The zero-order valence-corrected chi connectivity index (χ0v) is 4.80. The third kappa shape index (κ3) is 2.62. The second kappa shape index (κ2) is 1.82. The van der Waals surface area contributed by atoms with Crippen LogP contribution in [0.1, 0.15) is 6.92 Å². The van der Waals surface area contributed by atoms with E-state index in [1.54, 1.807) is 0 Å². The molecular weight excluding hydrogens is 118 g/mol. The van der Waals surface area contributed by atoms with Gasteiger partial charge < -0.3 is 0 Å². The normalized spacial score (nSPS) is 11.4. The van der Waals surface area contributed by atoms with E-state index in [1.165, 1.54) is 6.92 Å². The van der Waals surface area contributed by atoms with Gasteiger partial charge in [-0.25, -0.2) is 0 Å². The van der Waals surface area contributed by atoms with Crippen molar-refractivity contribution in [1.82, 2.24) is 0 Å². The van der Waals surface area contributed by atoms with E-state index in [1.807, 2.05) is 0 Å². The molecule has 0 bridgehead atoms. The Bertz CT molecular complexity index is 82.2. The summed E-state index contributed by atoms with van der Waals surface area (Å²) in [5.41, 5.74) is -0.226. The largest absolute Gasteiger partial charge is 0.312 e. The smallest absolute Gasteiger partial charge is 0.189 e. The summed E-state index contributed by atoms with van der Waals surface area (Å²) in [7, 11) is 0. The molecule has 0 rings (SSSR count). The van der Waals surface area contributed by atoms with E-state index in [2.05, 4.69) is 19.2 Å². The fourth-order valence-corrected chi connectivity index (χ4v) is 0. The van der Waals surface area contributed by atoms with E-state index in [9.17, 15) is 8.78 Å². The Morgan fingerprint density at radius 1 is 1.71 bits per heavy atom. The van der Waals surface area contributed by atoms with Gasteiger partial charge in [-0.15, -0.1) is 12.6 Å². The van der Waals surface area contributed by atoms with Crippen molar-refractivity contribution in [2.45, 2.75) is 12.2 Å². The van der Waals surface area contributed by atoms with Crippen LogP contribution in [0.15, 0.2) is 12.2 Å². The number of halogens is 2. The van der Waals surface area contributed by atoms with Crippen LogP contribution in [0.2, 0.25) is 0 Å². The van der Waals surface area contributed by atoms with Gasteiger partial charge in [-0.2, -0.15) is 8.78 Å². The minimum Gasteiger partial charge on any atom is -0.189 e. The summed E-state index contributed by atoms with van der Waals surface area (Å²) in [4.78, 5) is 0. The van der Waals surface area contributed by atoms with Gasteiger partial charge in [0.2, 0.25) is 0 Å². The average molecular weight is 124 g/mol. The Morgan fingerprint density at radius 2 is 1.86 bits per heavy atom. The first kappa shape index (κ1) is 6.95. The van der Waals surface area contributed by atoms with Gasteiger partial charge in [0, 0.05) is 0 Å². The fraction of sp³-hybridized carbons (Fsp3) is 0.500. The maximum atomic E-state index is 11.6. The molecule has 0 aliphatic rings. The Hall–Kier alpha value is -0.0500. The maximum absolute atomic E-state index is 11.6. The van der Waals surface area contributed by atoms with Gasteiger partial charge in [-0.05, 0) is 12.5 Å². The van der Waals surface area contributed by atoms with Gasteiger partial charge in [0.15, 0.2) is 0 Å². The standard InChI is InChI=1S/C4H6F2S/c1-3(2)4(5,6)7/h7H,1H2,2H3. The number of rotatable bonds is 1. The number of alkyl halides is 2. The lowest BCUT2D eigenvalue weighted by atomic mass is 10.4. The molecule has 0 spiro atoms. The molecule has 0 atom stereocenters. The van der Waals surface area contributed by atoms with Gasteiger partial charge in [0.1, 0.15) is 0 Å². The van der Waals surface area contributed by atoms with E-state index in [0.717, 1.165) is 0 Å². The average Bonchev–Trinajstić information content (AvgIpc) is 1.31. The SMILES string of the molecule is C=C(C)C(F)(F)S. The number of hydrogen-bond acceptors (Lipinski definition) is 1. The minimum atomic E-state index is -3.00. The molecule has 0 nitrogen and oxygen atoms in total. The van der Waals surface area contributed by atoms with E-state index in [4.69, 9.17) is 0 Å². The first-order valence-corrected chi connectivity index (χ1v) is 2.15. The quantitative estimate of drug-likeness (QED) is 0.401. The van der Waals surface area contributed by atoms with E-state index in [-0.39, 0.29) is 5.57 Å². The molecule has 42 valence electrons. The zero-order chi connectivity index (χ0) is 6.08. The Kier molecular flexibility index (Phi) is 1.81. The summed E-state index contributed by atoms with van der Waals surface area (Å²) in [6.07, 6.45) is 0. The minimum absolute atomic E-state index is 0.226. The molecule has 0 aromatic heterocycles. The van der Waals surface area contributed by atoms with Crippen molar-refractivity contribution >= 4 is 12.6 Å². The second-order valence-electron chi connectivity index (χ2n) is 1.32. The van der Waals surface area contributed by atoms with E-state index in [0.29, 0.717) is 0 Å². The lowest BCUT2D eigenvalue weighted by Crippen LogP contribution is -2.04. The van der Waals surface area contributed by atoms with Crippen molar-refractivity contribution in [3.05, 3.63) is 12.2 Å². The summed E-state index contributed by atoms with van der Waals surface area (Å²) in [6.45, 7) is 4.23. The monoisotopic (exact) mass is 124 g/mol. The Balaban J connectivity index is 3.79. The molecule has 0 saturated carbocycles. The Morgan fingerprint density at radius 3 is 1.86 bits per heavy atom. The van der Waals surface area contributed by atoms with Crippen molar-refractivity contribution in [3.8, 4) is 0 Å². The fourth-order valence-electron chi connectivity index (χ4n) is 0. The van der Waals surface area contributed by atoms with Crippen LogP contribution in [0.4, 0.5) is 8.78 Å². The summed E-state index contributed by atoms with van der Waals surface area (Å²) >= 11 is 2.92. The zero-order valence-electron chi connectivity index (χ0n) is 3.91. The van der Waals surface area contributed by atoms with Crippen LogP contribution in [-0.2, 0) is 0 Å². The van der Waals surface area contributed by atoms with Gasteiger partial charge in [0.25, 0.3) is 0 Å². The van der Waals surface area contributed by atoms with Gasteiger partial charge in [0.05, 0.1) is 0 Å². The van der Waals surface area contributed by atoms with E-state index >= 15 is 0 Å². The van der Waals surface area contributed by atoms with Crippen LogP contribution in [0.5, 0.6) is 0 Å². The molecule has 0 heterocycles. The Labute approximate surface area is 46.6 Å². The molecule has 0 radical (unpaired) electrons. The highest BCUT2D eigenvalue weighted by atomic mass is 32.1. The van der Waals surface area contributed by atoms with Crippen LogP contribution in [0, 0.1) is 0 Å². The second-order valence-corrected chi connectivity index (χ2v) is 1.88. The van der Waals surface area contributed by atoms with Gasteiger partial charge in [-0.3, -0.25) is 0 Å². The predicted molar refractivity (Wildman–Crippen MR) is 28.7 cm³/mol. The third-order valence-corrected chi connectivity index (χ3v) is 0.895. The first-order chi connectivity index (χ1) is 2.94. The summed E-state index contributed by atoms with van der Waals surface area (Å²) in [5.74, 6) is 0. The molecule has 0 unspecified atom stereocenters. The summed E-state index contributed by atoms with van der Waals surface area (Å²) < 4.78 is 23.2. The molecule has 0 N–H and O–H groups in total. The van der Waals surface area contributed by atoms with Crippen molar-refractivity contribution in [1.29, 1.82) is 0 Å². The van der Waals surface area contributed by atoms with Crippen molar-refractivity contribution in [3.63, 3.8) is 0 Å². The highest BCUT2D eigenvalue weighted by molar-refractivity contribution is 7.81. The summed E-state index contributed by atoms with van der Waals surface area (Å²) in [6, 6.07) is 0. The van der Waals surface area contributed by atoms with Crippen LogP contribution < -0.4 is 0 Å². The maximum Gasteiger partial charge on any atom is 0.312 e. The molecule has 3 heteroatoms. The molecule has 0 aromatic carbocycles. The lowest BCUT2D eigenvalue weighted by Gasteiger charge is -2.05. The van der Waals surface area contributed by atoms with Crippen LogP contribution >= 0.6 is 12.6 Å². The summed E-state index contributed by atoms with van der Waals surface area (Å²) in [5, 5.41) is -3.00. The molecule has 0 amide bonds. The van der Waals surface area contributed by atoms with Crippen LogP contribution in [0.3, 0.4) is 0 Å². The predicted octanol–water partition coefficient (Wildman–Crippen LogP) is 2.09. The number of hydrogen-bond donors (Lipinski definition) is 1. The topological polar surface area (TPSA) is 0 Å². The van der Waals surface area contributed by atoms with Crippen molar-refractivity contribution in [2.75, 3.05) is 0 Å². The molecule has 0 aliphatic heterocycles. The van der Waals surface area contributed by atoms with Crippen LogP contribution in [-0.4, -0.2) is 5.25 Å². The molecule has 0 fully saturated rings. The highest BCUT2D eigenvalue weighted by Crippen LogP contribution is 2.25. The van der Waals surface area contributed by atoms with E-state index < -0.39 is 5.25 Å². The molecule has 0 saturated heterocycles. The van der Waals surface area contributed by atoms with Crippen molar-refractivity contribution < 1.29 is 8.78 Å². The van der Waals surface area contributed by atoms with Gasteiger partial charge in [-0.1, -0.05) is 6.58 Å². The van der Waals surface area contributed by atoms with Gasteiger partial charge >= 0.3 is 5.25 Å². The first-order valence-electron chi connectivity index (χ1n) is 1.71.